The number of furan rings is 2. The summed E-state index contributed by atoms with van der Waals surface area (Å²) in [5, 5.41) is 18.9. The monoisotopic (exact) mass is 1370 g/mol. The first-order valence-corrected chi connectivity index (χ1v) is 41.4. The molecule has 0 saturated carbocycles. The number of rotatable bonds is 14. The van der Waals surface area contributed by atoms with Gasteiger partial charge < -0.3 is 18.6 Å². The van der Waals surface area contributed by atoms with E-state index in [4.69, 9.17) is 8.83 Å². The first-order chi connectivity index (χ1) is 51.9. The Morgan fingerprint density at radius 3 is 1.06 bits per heavy atom. The van der Waals surface area contributed by atoms with Crippen molar-refractivity contribution in [3.63, 3.8) is 0 Å². The molecule has 17 aromatic carbocycles. The van der Waals surface area contributed by atoms with Crippen molar-refractivity contribution < 1.29 is 8.83 Å². The largest absolute Gasteiger partial charge is 0.454 e. The number of hydrogen-bond acceptors (Lipinski definition) is 4. The van der Waals surface area contributed by atoms with Crippen molar-refractivity contribution in [3.8, 4) is 11.1 Å². The van der Waals surface area contributed by atoms with Crippen LogP contribution in [-0.4, -0.2) is 16.1 Å². The van der Waals surface area contributed by atoms with Crippen LogP contribution in [0.2, 0.25) is 13.1 Å². The van der Waals surface area contributed by atoms with Crippen molar-refractivity contribution in [3.05, 3.63) is 411 Å². The minimum Gasteiger partial charge on any atom is -0.454 e. The lowest BCUT2D eigenvalue weighted by Crippen LogP contribution is -2.64. The molecule has 20 rings (SSSR count). The Morgan fingerprint density at radius 1 is 0.248 bits per heavy atom. The van der Waals surface area contributed by atoms with Gasteiger partial charge >= 0.3 is 0 Å². The molecule has 496 valence electrons. The van der Waals surface area contributed by atoms with E-state index in [0.29, 0.717) is 0 Å². The zero-order valence-corrected chi connectivity index (χ0v) is 60.2. The molecule has 0 fully saturated rings. The molecule has 0 saturated heterocycles. The smallest absolute Gasteiger partial charge is 0.159 e. The van der Waals surface area contributed by atoms with E-state index >= 15 is 0 Å². The molecule has 105 heavy (non-hydrogen) atoms. The highest BCUT2D eigenvalue weighted by Crippen LogP contribution is 2.62. The van der Waals surface area contributed by atoms with Crippen LogP contribution in [0.3, 0.4) is 0 Å². The molecule has 0 aliphatic heterocycles. The van der Waals surface area contributed by atoms with Crippen LogP contribution < -0.4 is 40.9 Å². The zero-order valence-electron chi connectivity index (χ0n) is 58.2. The summed E-state index contributed by atoms with van der Waals surface area (Å²) in [7, 11) is -5.38. The van der Waals surface area contributed by atoms with E-state index in [2.05, 4.69) is 411 Å². The van der Waals surface area contributed by atoms with E-state index in [-0.39, 0.29) is 0 Å². The average Bonchev–Trinajstić information content (AvgIpc) is 1.53. The lowest BCUT2D eigenvalue weighted by molar-refractivity contribution is 0.671. The zero-order chi connectivity index (χ0) is 69.8. The molecular weight excluding hydrogens is 1310 g/mol. The maximum absolute atomic E-state index is 7.79. The van der Waals surface area contributed by atoms with E-state index < -0.39 is 21.6 Å². The molecule has 2 heterocycles. The van der Waals surface area contributed by atoms with Crippen LogP contribution in [0.1, 0.15) is 22.3 Å². The highest BCUT2D eigenvalue weighted by molar-refractivity contribution is 7.12. The fraction of sp³-hybridized carbons (Fsp3) is 0.0303. The van der Waals surface area contributed by atoms with Gasteiger partial charge in [-0.25, -0.2) is 0 Å². The third kappa shape index (κ3) is 9.43. The molecule has 0 bridgehead atoms. The average molecular weight is 1380 g/mol. The molecule has 0 N–H and O–H groups in total. The molecule has 0 atom stereocenters. The van der Waals surface area contributed by atoms with Crippen molar-refractivity contribution in [2.75, 3.05) is 9.80 Å². The van der Waals surface area contributed by atoms with Gasteiger partial charge in [-0.2, -0.15) is 0 Å². The Morgan fingerprint density at radius 2 is 0.590 bits per heavy atom. The summed E-state index contributed by atoms with van der Waals surface area (Å²) < 4.78 is 15.5. The molecule has 0 unspecified atom stereocenters. The highest BCUT2D eigenvalue weighted by atomic mass is 28.3. The summed E-state index contributed by atoms with van der Waals surface area (Å²) in [6.07, 6.45) is 0. The van der Waals surface area contributed by atoms with Crippen LogP contribution in [0.4, 0.5) is 34.1 Å². The van der Waals surface area contributed by atoms with Crippen LogP contribution in [0, 0.1) is 0 Å². The molecule has 1 aliphatic rings. The summed E-state index contributed by atoms with van der Waals surface area (Å²) in [6, 6.07) is 144. The second kappa shape index (κ2) is 24.7. The van der Waals surface area contributed by atoms with Crippen LogP contribution in [0.25, 0.3) is 87.3 Å². The topological polar surface area (TPSA) is 32.8 Å². The maximum atomic E-state index is 7.79. The molecular formula is C99H70N2O2Si2. The number of fused-ring (bicyclic) bond motifs is 13. The molecule has 0 radical (unpaired) electrons. The Bertz CT molecular complexity index is 6450. The number of nitrogens with zero attached hydrogens (tertiary/aromatic N) is 2. The molecule has 1 aliphatic carbocycles. The predicted molar refractivity (Wildman–Crippen MR) is 447 cm³/mol. The van der Waals surface area contributed by atoms with Crippen LogP contribution in [0.5, 0.6) is 0 Å². The second-order valence-electron chi connectivity index (χ2n) is 28.3. The molecule has 0 spiro atoms. The predicted octanol–water partition coefficient (Wildman–Crippen LogP) is 22.4. The van der Waals surface area contributed by atoms with E-state index in [1.54, 1.807) is 0 Å². The Labute approximate surface area is 612 Å². The Kier molecular flexibility index (Phi) is 14.6. The molecule has 2 aromatic heterocycles. The summed E-state index contributed by atoms with van der Waals surface area (Å²) in [5.74, 6) is 0. The molecule has 0 amide bonds. The van der Waals surface area contributed by atoms with Gasteiger partial charge in [0.25, 0.3) is 0 Å². The first kappa shape index (κ1) is 62.0. The van der Waals surface area contributed by atoms with Gasteiger partial charge in [0.05, 0.1) is 33.9 Å². The second-order valence-corrected chi connectivity index (χ2v) is 36.2. The van der Waals surface area contributed by atoms with Crippen molar-refractivity contribution in [2.24, 2.45) is 0 Å². The van der Waals surface area contributed by atoms with E-state index in [9.17, 15) is 0 Å². The van der Waals surface area contributed by atoms with Crippen LogP contribution >= 0.6 is 0 Å². The van der Waals surface area contributed by atoms with Crippen LogP contribution in [0.15, 0.2) is 397 Å². The Hall–Kier alpha value is -12.8. The fourth-order valence-corrected chi connectivity index (χ4v) is 25.5. The van der Waals surface area contributed by atoms with Gasteiger partial charge in [0.15, 0.2) is 11.2 Å². The first-order valence-electron chi connectivity index (χ1n) is 36.4. The number of hydrogen-bond donors (Lipinski definition) is 0. The van der Waals surface area contributed by atoms with Gasteiger partial charge in [-0.05, 0) is 123 Å². The van der Waals surface area contributed by atoms with Gasteiger partial charge in [-0.1, -0.05) is 359 Å². The molecule has 6 heteroatoms. The molecule has 19 aromatic rings. The van der Waals surface area contributed by atoms with Crippen molar-refractivity contribution >= 4 is 158 Å². The third-order valence-corrected chi connectivity index (χ3v) is 31.9. The Balaban J connectivity index is 0.858. The van der Waals surface area contributed by atoms with Crippen molar-refractivity contribution in [1.82, 2.24) is 0 Å². The minimum absolute atomic E-state index is 0.827. The van der Waals surface area contributed by atoms with Gasteiger partial charge in [0, 0.05) is 43.4 Å². The number of para-hydroxylation sites is 4. The van der Waals surface area contributed by atoms with Crippen LogP contribution in [-0.2, 0) is 5.41 Å². The van der Waals surface area contributed by atoms with Gasteiger partial charge in [-0.3, -0.25) is 0 Å². The van der Waals surface area contributed by atoms with Gasteiger partial charge in [0.2, 0.25) is 0 Å². The normalized spacial score (nSPS) is 12.7. The lowest BCUT2D eigenvalue weighted by Gasteiger charge is -2.36. The summed E-state index contributed by atoms with van der Waals surface area (Å²) >= 11 is 0. The van der Waals surface area contributed by atoms with Crippen molar-refractivity contribution in [2.45, 2.75) is 18.5 Å². The standard InChI is InChI=1S/C99H70N2O2Si2/c1-104(72-41-13-5-14-42-72,73-43-15-6-16-44-73)92-61-31-55-82-80-53-29-59-89(95(80)102-97(82)92)100(87-57-27-35-67-33-21-23-49-76(67)87)71-63-64-84-85(65-71)99(69-37-9-3-10-38-69,70-39-11-4-12-40-70)86-66-91(78-51-25-26-52-79(78)94(84)86)101(88-58-28-36-68-34-22-24-50-77(68)88)90-60-30-54-81-83-56-32-62-93(98(83)103-96(81)90)105(2,74-45-17-7-18-46-74)75-47-19-8-20-48-75/h3-66H,1-2H3. The fourth-order valence-electron chi connectivity index (χ4n) is 18.0. The maximum Gasteiger partial charge on any atom is 0.159 e. The van der Waals surface area contributed by atoms with Crippen molar-refractivity contribution in [1.29, 1.82) is 0 Å². The number of anilines is 6. The van der Waals surface area contributed by atoms with E-state index in [0.717, 1.165) is 121 Å². The summed E-state index contributed by atoms with van der Waals surface area (Å²) in [5.41, 5.74) is 15.7. The SMILES string of the molecule is C[Si](c1ccccc1)(c1ccccc1)c1cccc2c1oc1c(N(c3ccc4c(c3)C(c3ccccc3)(c3ccccc3)c3cc(N(c5cccc6ccccc56)c5cccc6c5oc5c([Si](C)(c7ccccc7)c7ccccc7)cccc56)c5ccccc5c3-4)c3cccc4ccccc34)cccc12. The minimum atomic E-state index is -2.70. The summed E-state index contributed by atoms with van der Waals surface area (Å²) in [4.78, 5) is 5.01. The van der Waals surface area contributed by atoms with E-state index in [1.807, 2.05) is 0 Å². The highest BCUT2D eigenvalue weighted by Gasteiger charge is 2.49. The lowest BCUT2D eigenvalue weighted by atomic mass is 9.67. The van der Waals surface area contributed by atoms with Gasteiger partial charge in [0.1, 0.15) is 27.3 Å². The van der Waals surface area contributed by atoms with Gasteiger partial charge in [-0.15, -0.1) is 0 Å². The molecule has 4 nitrogen and oxygen atoms in total. The quantitative estimate of drug-likeness (QED) is 0.0802. The third-order valence-electron chi connectivity index (χ3n) is 23.0. The van der Waals surface area contributed by atoms with E-state index in [1.165, 1.54) is 53.4 Å². The summed E-state index contributed by atoms with van der Waals surface area (Å²) in [6.45, 7) is 4.97. The number of benzene rings is 17.